The van der Waals surface area contributed by atoms with Gasteiger partial charge in [0.1, 0.15) is 5.82 Å². The van der Waals surface area contributed by atoms with Crippen molar-refractivity contribution >= 4 is 17.3 Å². The highest BCUT2D eigenvalue weighted by molar-refractivity contribution is 5.82. The van der Waals surface area contributed by atoms with Crippen molar-refractivity contribution in [2.75, 3.05) is 44.5 Å². The fraction of sp³-hybridized carbons (Fsp3) is 0.417. The average Bonchev–Trinajstić information content (AvgIpc) is 2.33. The highest BCUT2D eigenvalue weighted by atomic mass is 19.1. The topological polar surface area (TPSA) is 67.6 Å². The first-order valence-corrected chi connectivity index (χ1v) is 5.67. The van der Waals surface area contributed by atoms with Crippen LogP contribution in [0.3, 0.4) is 0 Å². The minimum absolute atomic E-state index is 0.0587. The number of hydrogen-bond acceptors (Lipinski definition) is 4. The monoisotopic (exact) mass is 273 g/mol. The predicted octanol–water partition coefficient (Wildman–Crippen LogP) is 0.746. The number of likely N-dealkylation sites (N-methyl/N-ethyl adjacent to an activating group) is 1. The number of amides is 1. The zero-order valence-corrected chi connectivity index (χ0v) is 10.9. The second kappa shape index (κ2) is 6.89. The molecule has 0 saturated carbocycles. The molecular formula is C12H17F2N3O2. The maximum atomic E-state index is 13.3. The number of nitrogens with two attached hydrogens (primary N) is 1. The lowest BCUT2D eigenvalue weighted by Gasteiger charge is -2.20. The first kappa shape index (κ1) is 15.2. The van der Waals surface area contributed by atoms with E-state index in [1.165, 1.54) is 19.1 Å². The fourth-order valence-electron chi connectivity index (χ4n) is 1.54. The Morgan fingerprint density at radius 3 is 2.79 bits per heavy atom. The van der Waals surface area contributed by atoms with Gasteiger partial charge in [0.15, 0.2) is 5.82 Å². The largest absolute Gasteiger partial charge is 0.395 e. The molecule has 19 heavy (non-hydrogen) atoms. The number of rotatable bonds is 6. The summed E-state index contributed by atoms with van der Waals surface area (Å²) in [6, 6.07) is 1.78. The first-order valence-electron chi connectivity index (χ1n) is 5.67. The molecule has 0 aliphatic carbocycles. The summed E-state index contributed by atoms with van der Waals surface area (Å²) in [5.74, 6) is -1.88. The van der Waals surface area contributed by atoms with Crippen LogP contribution in [0.25, 0.3) is 0 Å². The lowest BCUT2D eigenvalue weighted by Crippen LogP contribution is -2.37. The number of nitrogens with zero attached hydrogens (tertiary/aromatic N) is 1. The first-order chi connectivity index (χ1) is 8.95. The highest BCUT2D eigenvalue weighted by Crippen LogP contribution is 2.26. The van der Waals surface area contributed by atoms with Gasteiger partial charge in [0.2, 0.25) is 5.91 Å². The van der Waals surface area contributed by atoms with E-state index in [9.17, 15) is 13.6 Å². The predicted molar refractivity (Wildman–Crippen MR) is 68.9 cm³/mol. The Labute approximate surface area is 110 Å². The molecule has 0 unspecified atom stereocenters. The summed E-state index contributed by atoms with van der Waals surface area (Å²) >= 11 is 0. The molecule has 0 heterocycles. The molecule has 0 aliphatic heterocycles. The standard InChI is InChI=1S/C12H17F2N3O2/c1-17(7-11(18)16-3-4-19-2)10-6-8(13)5-9(14)12(10)15/h5-6H,3-4,7,15H2,1-2H3,(H,16,18). The summed E-state index contributed by atoms with van der Waals surface area (Å²) < 4.78 is 31.2. The molecule has 0 bridgehead atoms. The molecule has 1 rings (SSSR count). The normalized spacial score (nSPS) is 10.3. The van der Waals surface area contributed by atoms with Gasteiger partial charge in [-0.05, 0) is 6.07 Å². The van der Waals surface area contributed by atoms with Gasteiger partial charge >= 0.3 is 0 Å². The summed E-state index contributed by atoms with van der Waals surface area (Å²) in [5, 5.41) is 2.60. The van der Waals surface area contributed by atoms with Crippen LogP contribution in [0.4, 0.5) is 20.2 Å². The number of halogens is 2. The third-order valence-corrected chi connectivity index (χ3v) is 2.49. The van der Waals surface area contributed by atoms with Crippen molar-refractivity contribution in [3.63, 3.8) is 0 Å². The Bertz CT molecular complexity index is 455. The van der Waals surface area contributed by atoms with Crippen LogP contribution in [0.1, 0.15) is 0 Å². The molecule has 5 nitrogen and oxygen atoms in total. The van der Waals surface area contributed by atoms with Gasteiger partial charge in [0.25, 0.3) is 0 Å². The molecule has 0 radical (unpaired) electrons. The number of hydrogen-bond donors (Lipinski definition) is 2. The minimum Gasteiger partial charge on any atom is -0.395 e. The number of carbonyl (C=O) groups is 1. The van der Waals surface area contributed by atoms with Gasteiger partial charge in [0.05, 0.1) is 24.5 Å². The Morgan fingerprint density at radius 1 is 1.47 bits per heavy atom. The van der Waals surface area contributed by atoms with Crippen LogP contribution < -0.4 is 16.0 Å². The van der Waals surface area contributed by atoms with Gasteiger partial charge in [-0.3, -0.25) is 4.79 Å². The average molecular weight is 273 g/mol. The smallest absolute Gasteiger partial charge is 0.239 e. The number of carbonyl (C=O) groups excluding carboxylic acids is 1. The van der Waals surface area contributed by atoms with E-state index in [4.69, 9.17) is 10.5 Å². The zero-order chi connectivity index (χ0) is 14.4. The molecule has 0 aliphatic rings. The van der Waals surface area contributed by atoms with Crippen molar-refractivity contribution in [1.82, 2.24) is 5.32 Å². The van der Waals surface area contributed by atoms with Crippen molar-refractivity contribution in [2.45, 2.75) is 0 Å². The van der Waals surface area contributed by atoms with E-state index in [-0.39, 0.29) is 23.8 Å². The number of nitrogen functional groups attached to an aromatic ring is 1. The molecule has 3 N–H and O–H groups in total. The van der Waals surface area contributed by atoms with Gasteiger partial charge in [-0.25, -0.2) is 8.78 Å². The number of benzene rings is 1. The molecule has 0 saturated heterocycles. The molecule has 0 aromatic heterocycles. The van der Waals surface area contributed by atoms with Gasteiger partial charge in [-0.1, -0.05) is 0 Å². The SMILES string of the molecule is COCCNC(=O)CN(C)c1cc(F)cc(F)c1N. The summed E-state index contributed by atoms with van der Waals surface area (Å²) in [6.07, 6.45) is 0. The highest BCUT2D eigenvalue weighted by Gasteiger charge is 2.14. The van der Waals surface area contributed by atoms with Crippen molar-refractivity contribution in [3.05, 3.63) is 23.8 Å². The lowest BCUT2D eigenvalue weighted by molar-refractivity contribution is -0.119. The van der Waals surface area contributed by atoms with Crippen molar-refractivity contribution < 1.29 is 18.3 Å². The Balaban J connectivity index is 2.68. The van der Waals surface area contributed by atoms with Crippen molar-refractivity contribution in [2.24, 2.45) is 0 Å². The summed E-state index contributed by atoms with van der Waals surface area (Å²) in [6.45, 7) is 0.708. The number of anilines is 2. The van der Waals surface area contributed by atoms with Crippen LogP contribution in [0, 0.1) is 11.6 Å². The summed E-state index contributed by atoms with van der Waals surface area (Å²) in [5.41, 5.74) is 5.47. The van der Waals surface area contributed by atoms with Crippen LogP contribution >= 0.6 is 0 Å². The Kier molecular flexibility index (Phi) is 5.50. The van der Waals surface area contributed by atoms with Crippen LogP contribution in [-0.2, 0) is 9.53 Å². The van der Waals surface area contributed by atoms with Crippen LogP contribution in [0.15, 0.2) is 12.1 Å². The Morgan fingerprint density at radius 2 is 2.16 bits per heavy atom. The van der Waals surface area contributed by atoms with Gasteiger partial charge in [-0.15, -0.1) is 0 Å². The summed E-state index contributed by atoms with van der Waals surface area (Å²) in [7, 11) is 3.05. The molecule has 1 aromatic carbocycles. The molecule has 7 heteroatoms. The second-order valence-electron chi connectivity index (χ2n) is 4.02. The maximum absolute atomic E-state index is 13.3. The van der Waals surface area contributed by atoms with Crippen LogP contribution in [-0.4, -0.2) is 39.8 Å². The molecule has 0 fully saturated rings. The lowest BCUT2D eigenvalue weighted by atomic mass is 10.2. The van der Waals surface area contributed by atoms with Gasteiger partial charge in [0, 0.05) is 26.8 Å². The minimum atomic E-state index is -0.846. The van der Waals surface area contributed by atoms with E-state index < -0.39 is 11.6 Å². The van der Waals surface area contributed by atoms with E-state index >= 15 is 0 Å². The third kappa shape index (κ3) is 4.36. The van der Waals surface area contributed by atoms with Gasteiger partial charge < -0.3 is 20.7 Å². The number of methoxy groups -OCH3 is 1. The van der Waals surface area contributed by atoms with Gasteiger partial charge in [-0.2, -0.15) is 0 Å². The van der Waals surface area contributed by atoms with E-state index in [1.54, 1.807) is 0 Å². The van der Waals surface area contributed by atoms with Crippen LogP contribution in [0.2, 0.25) is 0 Å². The molecule has 106 valence electrons. The summed E-state index contributed by atoms with van der Waals surface area (Å²) in [4.78, 5) is 12.9. The van der Waals surface area contributed by atoms with Crippen LogP contribution in [0.5, 0.6) is 0 Å². The van der Waals surface area contributed by atoms with E-state index in [0.29, 0.717) is 19.2 Å². The third-order valence-electron chi connectivity index (χ3n) is 2.49. The molecule has 1 amide bonds. The fourth-order valence-corrected chi connectivity index (χ4v) is 1.54. The number of ether oxygens (including phenoxy) is 1. The molecule has 1 aromatic rings. The molecule has 0 atom stereocenters. The maximum Gasteiger partial charge on any atom is 0.239 e. The number of nitrogens with one attached hydrogen (secondary N) is 1. The quantitative estimate of drug-likeness (QED) is 0.593. The zero-order valence-electron chi connectivity index (χ0n) is 10.9. The second-order valence-corrected chi connectivity index (χ2v) is 4.02. The Hall–Kier alpha value is -1.89. The van der Waals surface area contributed by atoms with E-state index in [1.807, 2.05) is 0 Å². The van der Waals surface area contributed by atoms with E-state index in [0.717, 1.165) is 6.07 Å². The molecular weight excluding hydrogens is 256 g/mol. The molecule has 0 spiro atoms. The van der Waals surface area contributed by atoms with Crippen molar-refractivity contribution in [1.29, 1.82) is 0 Å². The van der Waals surface area contributed by atoms with E-state index in [2.05, 4.69) is 5.32 Å². The van der Waals surface area contributed by atoms with Crippen molar-refractivity contribution in [3.8, 4) is 0 Å².